The third kappa shape index (κ3) is 3.33. The standard InChI is InChI=1S/C19H27FN2O2/c1-14-12-22(13-17(14)21-7-9-24-10-8-21)18(23)19(2,3)15-5-4-6-16(20)11-15/h4-6,11,14,17H,7-10,12-13H2,1-3H3. The fraction of sp³-hybridized carbons (Fsp3) is 0.632. The number of benzene rings is 1. The highest BCUT2D eigenvalue weighted by Crippen LogP contribution is 2.30. The molecule has 0 radical (unpaired) electrons. The maximum absolute atomic E-state index is 13.6. The molecule has 0 spiro atoms. The average molecular weight is 334 g/mol. The van der Waals surface area contributed by atoms with E-state index in [1.54, 1.807) is 6.07 Å². The van der Waals surface area contributed by atoms with Crippen LogP contribution in [0.3, 0.4) is 0 Å². The largest absolute Gasteiger partial charge is 0.379 e. The maximum Gasteiger partial charge on any atom is 0.232 e. The Hall–Kier alpha value is -1.46. The van der Waals surface area contributed by atoms with Crippen molar-refractivity contribution in [2.75, 3.05) is 39.4 Å². The molecule has 0 bridgehead atoms. The number of nitrogens with zero attached hydrogens (tertiary/aromatic N) is 2. The lowest BCUT2D eigenvalue weighted by atomic mass is 9.83. The minimum absolute atomic E-state index is 0.0794. The molecule has 24 heavy (non-hydrogen) atoms. The Morgan fingerprint density at radius 1 is 1.25 bits per heavy atom. The highest BCUT2D eigenvalue weighted by Gasteiger charge is 2.41. The average Bonchev–Trinajstić information content (AvgIpc) is 2.96. The van der Waals surface area contributed by atoms with Gasteiger partial charge in [-0.15, -0.1) is 0 Å². The van der Waals surface area contributed by atoms with Gasteiger partial charge in [-0.3, -0.25) is 9.69 Å². The Bertz CT molecular complexity index is 599. The zero-order valence-electron chi connectivity index (χ0n) is 14.8. The van der Waals surface area contributed by atoms with Crippen LogP contribution in [-0.2, 0) is 14.9 Å². The van der Waals surface area contributed by atoms with Gasteiger partial charge in [0, 0.05) is 32.2 Å². The second kappa shape index (κ2) is 6.81. The lowest BCUT2D eigenvalue weighted by Gasteiger charge is -2.34. The van der Waals surface area contributed by atoms with Crippen molar-refractivity contribution in [1.29, 1.82) is 0 Å². The molecule has 2 atom stereocenters. The first-order valence-electron chi connectivity index (χ1n) is 8.77. The lowest BCUT2D eigenvalue weighted by molar-refractivity contribution is -0.135. The Labute approximate surface area is 143 Å². The number of rotatable bonds is 3. The highest BCUT2D eigenvalue weighted by molar-refractivity contribution is 5.87. The molecular formula is C19H27FN2O2. The van der Waals surface area contributed by atoms with Crippen molar-refractivity contribution in [1.82, 2.24) is 9.80 Å². The van der Waals surface area contributed by atoms with E-state index in [0.717, 1.165) is 45.0 Å². The van der Waals surface area contributed by atoms with Gasteiger partial charge in [0.2, 0.25) is 5.91 Å². The summed E-state index contributed by atoms with van der Waals surface area (Å²) in [6, 6.07) is 6.77. The van der Waals surface area contributed by atoms with Crippen LogP contribution in [0.5, 0.6) is 0 Å². The van der Waals surface area contributed by atoms with Crippen molar-refractivity contribution in [2.45, 2.75) is 32.2 Å². The molecule has 1 amide bonds. The van der Waals surface area contributed by atoms with Gasteiger partial charge in [0.05, 0.1) is 18.6 Å². The molecule has 0 aromatic heterocycles. The molecule has 2 saturated heterocycles. The van der Waals surface area contributed by atoms with Gasteiger partial charge in [-0.1, -0.05) is 19.1 Å². The zero-order chi connectivity index (χ0) is 17.3. The normalized spacial score (nSPS) is 25.9. The van der Waals surface area contributed by atoms with Crippen LogP contribution in [0.4, 0.5) is 4.39 Å². The molecule has 2 unspecified atom stereocenters. The Balaban J connectivity index is 1.73. The minimum Gasteiger partial charge on any atom is -0.379 e. The minimum atomic E-state index is -0.721. The van der Waals surface area contributed by atoms with Crippen molar-refractivity contribution in [3.05, 3.63) is 35.6 Å². The van der Waals surface area contributed by atoms with Crippen molar-refractivity contribution in [3.63, 3.8) is 0 Å². The predicted octanol–water partition coefficient (Wildman–Crippen LogP) is 2.28. The van der Waals surface area contributed by atoms with E-state index in [1.165, 1.54) is 12.1 Å². The second-order valence-electron chi connectivity index (χ2n) is 7.54. The summed E-state index contributed by atoms with van der Waals surface area (Å²) >= 11 is 0. The number of hydrogen-bond acceptors (Lipinski definition) is 3. The number of morpholine rings is 1. The van der Waals surface area contributed by atoms with Gasteiger partial charge in [-0.05, 0) is 37.5 Å². The Morgan fingerprint density at radius 3 is 2.62 bits per heavy atom. The lowest BCUT2D eigenvalue weighted by Crippen LogP contribution is -2.48. The number of carbonyl (C=O) groups is 1. The maximum atomic E-state index is 13.6. The van der Waals surface area contributed by atoms with E-state index in [2.05, 4.69) is 11.8 Å². The van der Waals surface area contributed by atoms with Crippen LogP contribution in [0.2, 0.25) is 0 Å². The monoisotopic (exact) mass is 334 g/mol. The van der Waals surface area contributed by atoms with Crippen molar-refractivity contribution < 1.29 is 13.9 Å². The molecule has 0 saturated carbocycles. The molecule has 0 aliphatic carbocycles. The summed E-state index contributed by atoms with van der Waals surface area (Å²) < 4.78 is 19.0. The molecular weight excluding hydrogens is 307 g/mol. The summed E-state index contributed by atoms with van der Waals surface area (Å²) in [5.74, 6) is 0.223. The summed E-state index contributed by atoms with van der Waals surface area (Å²) in [5, 5.41) is 0. The first kappa shape index (κ1) is 17.4. The van der Waals surface area contributed by atoms with Crippen LogP contribution >= 0.6 is 0 Å². The third-order valence-electron chi connectivity index (χ3n) is 5.46. The van der Waals surface area contributed by atoms with Gasteiger partial charge in [-0.25, -0.2) is 4.39 Å². The summed E-state index contributed by atoms with van der Waals surface area (Å²) in [5.41, 5.74) is 0.0109. The van der Waals surface area contributed by atoms with Crippen LogP contribution in [0.25, 0.3) is 0 Å². The zero-order valence-corrected chi connectivity index (χ0v) is 14.8. The first-order valence-corrected chi connectivity index (χ1v) is 8.77. The van der Waals surface area contributed by atoms with Crippen molar-refractivity contribution in [3.8, 4) is 0 Å². The van der Waals surface area contributed by atoms with Gasteiger partial charge in [0.1, 0.15) is 5.82 Å². The summed E-state index contributed by atoms with van der Waals surface area (Å²) in [7, 11) is 0. The number of hydrogen-bond donors (Lipinski definition) is 0. The molecule has 2 aliphatic rings. The van der Waals surface area contributed by atoms with E-state index >= 15 is 0 Å². The SMILES string of the molecule is CC1CN(C(=O)C(C)(C)c2cccc(F)c2)CC1N1CCOCC1. The fourth-order valence-corrected chi connectivity index (χ4v) is 3.90. The van der Waals surface area contributed by atoms with Gasteiger partial charge in [0.25, 0.3) is 0 Å². The number of ether oxygens (including phenoxy) is 1. The van der Waals surface area contributed by atoms with Crippen LogP contribution in [-0.4, -0.2) is 61.1 Å². The van der Waals surface area contributed by atoms with Crippen LogP contribution in [0, 0.1) is 11.7 Å². The number of amides is 1. The molecule has 5 heteroatoms. The van der Waals surface area contributed by atoms with E-state index in [1.807, 2.05) is 24.8 Å². The molecule has 0 N–H and O–H groups in total. The predicted molar refractivity (Wildman–Crippen MR) is 91.4 cm³/mol. The molecule has 132 valence electrons. The Morgan fingerprint density at radius 2 is 1.96 bits per heavy atom. The smallest absolute Gasteiger partial charge is 0.232 e. The molecule has 2 fully saturated rings. The number of carbonyl (C=O) groups excluding carboxylic acids is 1. The van der Waals surface area contributed by atoms with Crippen LogP contribution in [0.1, 0.15) is 26.3 Å². The highest BCUT2D eigenvalue weighted by atomic mass is 19.1. The molecule has 4 nitrogen and oxygen atoms in total. The molecule has 2 aliphatic heterocycles. The summed E-state index contributed by atoms with van der Waals surface area (Å²) in [6.07, 6.45) is 0. The third-order valence-corrected chi connectivity index (χ3v) is 5.46. The Kier molecular flexibility index (Phi) is 4.92. The van der Waals surface area contributed by atoms with Crippen molar-refractivity contribution in [2.24, 2.45) is 5.92 Å². The fourth-order valence-electron chi connectivity index (χ4n) is 3.90. The van der Waals surface area contributed by atoms with E-state index in [-0.39, 0.29) is 11.7 Å². The van der Waals surface area contributed by atoms with E-state index in [9.17, 15) is 9.18 Å². The van der Waals surface area contributed by atoms with Crippen LogP contribution < -0.4 is 0 Å². The van der Waals surface area contributed by atoms with E-state index in [0.29, 0.717) is 12.0 Å². The molecule has 1 aromatic rings. The van der Waals surface area contributed by atoms with Crippen molar-refractivity contribution >= 4 is 5.91 Å². The second-order valence-corrected chi connectivity index (χ2v) is 7.54. The summed E-state index contributed by atoms with van der Waals surface area (Å²) in [6.45, 7) is 10.9. The van der Waals surface area contributed by atoms with Gasteiger partial charge >= 0.3 is 0 Å². The van der Waals surface area contributed by atoms with E-state index < -0.39 is 5.41 Å². The number of likely N-dealkylation sites (tertiary alicyclic amines) is 1. The van der Waals surface area contributed by atoms with E-state index in [4.69, 9.17) is 4.74 Å². The van der Waals surface area contributed by atoms with Gasteiger partial charge in [-0.2, -0.15) is 0 Å². The topological polar surface area (TPSA) is 32.8 Å². The number of halogens is 1. The van der Waals surface area contributed by atoms with Gasteiger partial charge < -0.3 is 9.64 Å². The van der Waals surface area contributed by atoms with Crippen LogP contribution in [0.15, 0.2) is 24.3 Å². The van der Waals surface area contributed by atoms with Gasteiger partial charge in [0.15, 0.2) is 0 Å². The first-order chi connectivity index (χ1) is 11.4. The summed E-state index contributed by atoms with van der Waals surface area (Å²) in [4.78, 5) is 17.5. The molecule has 1 aromatic carbocycles. The molecule has 3 rings (SSSR count). The quantitative estimate of drug-likeness (QED) is 0.850. The molecule has 2 heterocycles.